The lowest BCUT2D eigenvalue weighted by Gasteiger charge is -2.38. The fraction of sp³-hybridized carbons (Fsp3) is 0.625. The van der Waals surface area contributed by atoms with Crippen LogP contribution in [0.4, 0.5) is 0 Å². The van der Waals surface area contributed by atoms with Crippen LogP contribution in [0.25, 0.3) is 0 Å². The zero-order chi connectivity index (χ0) is 15.6. The third-order valence-electron chi connectivity index (χ3n) is 4.64. The largest absolute Gasteiger partial charge is 0.369 e. The van der Waals surface area contributed by atoms with Crippen LogP contribution in [-0.2, 0) is 14.8 Å². The molecule has 2 aliphatic rings. The molecule has 0 amide bonds. The Labute approximate surface area is 132 Å². The van der Waals surface area contributed by atoms with Gasteiger partial charge in [-0.25, -0.2) is 13.1 Å². The van der Waals surface area contributed by atoms with E-state index in [1.54, 1.807) is 24.3 Å². The molecule has 0 radical (unpaired) electrons. The standard InChI is InChI=1S/C16H24N2O3S/c1-18-11-10-16(13-18)9-5-6-14(21-16)12-17-22(19,20)15-7-3-2-4-8-15/h2-4,7-8,14,17H,5-6,9-13H2,1H3/t14-,16-/m1/s1. The molecule has 22 heavy (non-hydrogen) atoms. The van der Waals surface area contributed by atoms with E-state index in [0.29, 0.717) is 11.4 Å². The first-order valence-corrected chi connectivity index (χ1v) is 9.39. The summed E-state index contributed by atoms with van der Waals surface area (Å²) >= 11 is 0. The maximum atomic E-state index is 12.3. The van der Waals surface area contributed by atoms with Crippen LogP contribution in [0.15, 0.2) is 35.2 Å². The normalized spacial score (nSPS) is 30.0. The van der Waals surface area contributed by atoms with Crippen LogP contribution in [0, 0.1) is 0 Å². The number of hydrogen-bond donors (Lipinski definition) is 1. The molecule has 0 saturated carbocycles. The highest BCUT2D eigenvalue weighted by Gasteiger charge is 2.41. The number of ether oxygens (including phenoxy) is 1. The Morgan fingerprint density at radius 1 is 1.32 bits per heavy atom. The van der Waals surface area contributed by atoms with Gasteiger partial charge in [-0.15, -0.1) is 0 Å². The fourth-order valence-corrected chi connectivity index (χ4v) is 4.58. The summed E-state index contributed by atoms with van der Waals surface area (Å²) in [6, 6.07) is 8.49. The molecule has 2 saturated heterocycles. The van der Waals surface area contributed by atoms with Crippen molar-refractivity contribution < 1.29 is 13.2 Å². The molecule has 2 heterocycles. The second-order valence-electron chi connectivity index (χ2n) is 6.47. The third kappa shape index (κ3) is 3.51. The summed E-state index contributed by atoms with van der Waals surface area (Å²) in [6.07, 6.45) is 4.12. The summed E-state index contributed by atoms with van der Waals surface area (Å²) in [5.41, 5.74) is -0.0597. The Kier molecular flexibility index (Phi) is 4.54. The molecular weight excluding hydrogens is 300 g/mol. The molecule has 122 valence electrons. The molecule has 0 aliphatic carbocycles. The van der Waals surface area contributed by atoms with Gasteiger partial charge in [0.25, 0.3) is 0 Å². The molecule has 6 heteroatoms. The Morgan fingerprint density at radius 2 is 2.09 bits per heavy atom. The van der Waals surface area contributed by atoms with Gasteiger partial charge in [0, 0.05) is 19.6 Å². The van der Waals surface area contributed by atoms with Crippen LogP contribution < -0.4 is 4.72 Å². The lowest BCUT2D eigenvalue weighted by atomic mass is 9.90. The molecule has 3 rings (SSSR count). The lowest BCUT2D eigenvalue weighted by Crippen LogP contribution is -2.46. The zero-order valence-corrected chi connectivity index (χ0v) is 13.8. The minimum absolute atomic E-state index is 0.0289. The first-order chi connectivity index (χ1) is 10.5. The van der Waals surface area contributed by atoms with Crippen molar-refractivity contribution in [1.82, 2.24) is 9.62 Å². The average molecular weight is 324 g/mol. The van der Waals surface area contributed by atoms with Gasteiger partial charge >= 0.3 is 0 Å². The Balaban J connectivity index is 1.60. The van der Waals surface area contributed by atoms with E-state index in [1.807, 2.05) is 6.07 Å². The van der Waals surface area contributed by atoms with Gasteiger partial charge in [0.15, 0.2) is 0 Å². The highest BCUT2D eigenvalue weighted by molar-refractivity contribution is 7.89. The molecule has 1 spiro atoms. The predicted molar refractivity (Wildman–Crippen MR) is 85.2 cm³/mol. The van der Waals surface area contributed by atoms with E-state index >= 15 is 0 Å². The molecule has 1 aromatic rings. The maximum Gasteiger partial charge on any atom is 0.240 e. The summed E-state index contributed by atoms with van der Waals surface area (Å²) in [7, 11) is -1.33. The van der Waals surface area contributed by atoms with Gasteiger partial charge in [0.2, 0.25) is 10.0 Å². The van der Waals surface area contributed by atoms with Crippen LogP contribution in [0.1, 0.15) is 25.7 Å². The first-order valence-electron chi connectivity index (χ1n) is 7.90. The van der Waals surface area contributed by atoms with Gasteiger partial charge in [0.1, 0.15) is 0 Å². The van der Waals surface area contributed by atoms with Crippen molar-refractivity contribution in [3.05, 3.63) is 30.3 Å². The number of hydrogen-bond acceptors (Lipinski definition) is 4. The first kappa shape index (κ1) is 15.9. The van der Waals surface area contributed by atoms with Crippen LogP contribution in [-0.4, -0.2) is 51.7 Å². The third-order valence-corrected chi connectivity index (χ3v) is 6.08. The van der Waals surface area contributed by atoms with E-state index in [9.17, 15) is 8.42 Å². The number of sulfonamides is 1. The van der Waals surface area contributed by atoms with Crippen molar-refractivity contribution in [3.8, 4) is 0 Å². The van der Waals surface area contributed by atoms with Crippen LogP contribution in [0.2, 0.25) is 0 Å². The summed E-state index contributed by atoms with van der Waals surface area (Å²) in [5.74, 6) is 0. The second kappa shape index (κ2) is 6.28. The number of likely N-dealkylation sites (N-methyl/N-ethyl adjacent to an activating group) is 1. The number of rotatable bonds is 4. The second-order valence-corrected chi connectivity index (χ2v) is 8.23. The van der Waals surface area contributed by atoms with Crippen LogP contribution in [0.5, 0.6) is 0 Å². The van der Waals surface area contributed by atoms with E-state index in [-0.39, 0.29) is 11.7 Å². The summed E-state index contributed by atoms with van der Waals surface area (Å²) in [5, 5.41) is 0. The molecule has 5 nitrogen and oxygen atoms in total. The van der Waals surface area contributed by atoms with Crippen molar-refractivity contribution >= 4 is 10.0 Å². The van der Waals surface area contributed by atoms with Gasteiger partial charge in [0.05, 0.1) is 16.6 Å². The summed E-state index contributed by atoms with van der Waals surface area (Å²) < 4.78 is 33.5. The van der Waals surface area contributed by atoms with Crippen molar-refractivity contribution in [1.29, 1.82) is 0 Å². The van der Waals surface area contributed by atoms with E-state index in [4.69, 9.17) is 4.74 Å². The molecule has 0 bridgehead atoms. The molecule has 2 aliphatic heterocycles. The average Bonchev–Trinajstić information content (AvgIpc) is 2.87. The van der Waals surface area contributed by atoms with Gasteiger partial charge in [-0.3, -0.25) is 0 Å². The minimum Gasteiger partial charge on any atom is -0.369 e. The van der Waals surface area contributed by atoms with E-state index in [2.05, 4.69) is 16.7 Å². The van der Waals surface area contributed by atoms with Crippen LogP contribution in [0.3, 0.4) is 0 Å². The van der Waals surface area contributed by atoms with Crippen molar-refractivity contribution in [2.24, 2.45) is 0 Å². The van der Waals surface area contributed by atoms with Gasteiger partial charge in [-0.05, 0) is 44.9 Å². The Hall–Kier alpha value is -0.950. The van der Waals surface area contributed by atoms with Gasteiger partial charge < -0.3 is 9.64 Å². The highest BCUT2D eigenvalue weighted by atomic mass is 32.2. The van der Waals surface area contributed by atoms with Crippen molar-refractivity contribution in [3.63, 3.8) is 0 Å². The molecule has 0 unspecified atom stereocenters. The molecule has 2 fully saturated rings. The van der Waals surface area contributed by atoms with Gasteiger partial charge in [-0.1, -0.05) is 18.2 Å². The minimum atomic E-state index is -3.45. The topological polar surface area (TPSA) is 58.6 Å². The van der Waals surface area contributed by atoms with Crippen molar-refractivity contribution in [2.45, 2.75) is 42.3 Å². The fourth-order valence-electron chi connectivity index (χ4n) is 3.50. The van der Waals surface area contributed by atoms with E-state index in [1.165, 1.54) is 0 Å². The smallest absolute Gasteiger partial charge is 0.240 e. The Morgan fingerprint density at radius 3 is 2.77 bits per heavy atom. The molecule has 1 aromatic carbocycles. The van der Waals surface area contributed by atoms with E-state index < -0.39 is 10.0 Å². The SMILES string of the molecule is CN1CC[C@]2(CCC[C@H](CNS(=O)(=O)c3ccccc3)O2)C1. The molecular formula is C16H24N2O3S. The van der Waals surface area contributed by atoms with Crippen molar-refractivity contribution in [2.75, 3.05) is 26.7 Å². The maximum absolute atomic E-state index is 12.3. The number of nitrogens with one attached hydrogen (secondary N) is 1. The quantitative estimate of drug-likeness (QED) is 0.914. The van der Waals surface area contributed by atoms with E-state index in [0.717, 1.165) is 38.8 Å². The predicted octanol–water partition coefficient (Wildman–Crippen LogP) is 1.61. The zero-order valence-electron chi connectivity index (χ0n) is 13.0. The number of likely N-dealkylation sites (tertiary alicyclic amines) is 1. The monoisotopic (exact) mass is 324 g/mol. The summed E-state index contributed by atoms with van der Waals surface area (Å²) in [6.45, 7) is 2.36. The molecule has 0 aromatic heterocycles. The lowest BCUT2D eigenvalue weighted by molar-refractivity contribution is -0.117. The summed E-state index contributed by atoms with van der Waals surface area (Å²) in [4.78, 5) is 2.59. The molecule has 1 N–H and O–H groups in total. The number of benzene rings is 1. The van der Waals surface area contributed by atoms with Crippen LogP contribution >= 0.6 is 0 Å². The number of nitrogens with zero attached hydrogens (tertiary/aromatic N) is 1. The van der Waals surface area contributed by atoms with Gasteiger partial charge in [-0.2, -0.15) is 0 Å². The Bertz CT molecular complexity index is 601. The highest BCUT2D eigenvalue weighted by Crippen LogP contribution is 2.35. The molecule has 2 atom stereocenters.